The summed E-state index contributed by atoms with van der Waals surface area (Å²) < 4.78 is 5.48. The van der Waals surface area contributed by atoms with Crippen LogP contribution in [0.2, 0.25) is 0 Å². The first-order chi connectivity index (χ1) is 14.1. The number of morpholine rings is 1. The minimum Gasteiger partial charge on any atom is -0.379 e. The molecule has 0 bridgehead atoms. The van der Waals surface area contributed by atoms with Crippen molar-refractivity contribution in [3.63, 3.8) is 0 Å². The average molecular weight is 403 g/mol. The molecule has 7 heteroatoms. The zero-order chi connectivity index (χ0) is 20.5. The van der Waals surface area contributed by atoms with Crippen LogP contribution in [0.15, 0.2) is 23.3 Å². The minimum absolute atomic E-state index is 0.0533. The molecule has 0 aliphatic carbocycles. The van der Waals surface area contributed by atoms with Crippen LogP contribution in [0.3, 0.4) is 0 Å². The van der Waals surface area contributed by atoms with Gasteiger partial charge in [0.05, 0.1) is 13.2 Å². The molecule has 1 aromatic rings. The highest BCUT2D eigenvalue weighted by Crippen LogP contribution is 2.17. The third-order valence-corrected chi connectivity index (χ3v) is 5.98. The second kappa shape index (κ2) is 10.8. The van der Waals surface area contributed by atoms with E-state index < -0.39 is 0 Å². The molecule has 3 rings (SSSR count). The number of pyridine rings is 1. The molecule has 0 atom stereocenters. The fourth-order valence-corrected chi connectivity index (χ4v) is 4.00. The topological polar surface area (TPSA) is 65.0 Å². The normalized spacial score (nSPS) is 19.7. The Labute approximate surface area is 175 Å². The zero-order valence-electron chi connectivity index (χ0n) is 18.4. The van der Waals surface area contributed by atoms with Gasteiger partial charge in [0.2, 0.25) is 0 Å². The molecule has 162 valence electrons. The highest BCUT2D eigenvalue weighted by molar-refractivity contribution is 5.79. The van der Waals surface area contributed by atoms with Gasteiger partial charge in [-0.2, -0.15) is 0 Å². The number of rotatable bonds is 6. The first-order valence-corrected chi connectivity index (χ1v) is 11.1. The van der Waals surface area contributed by atoms with Crippen LogP contribution in [-0.2, 0) is 11.3 Å². The van der Waals surface area contributed by atoms with Gasteiger partial charge in [-0.1, -0.05) is 18.9 Å². The Balaban J connectivity index is 1.46. The lowest BCUT2D eigenvalue weighted by Gasteiger charge is -2.41. The number of hydrogen-bond acceptors (Lipinski definition) is 5. The first kappa shape index (κ1) is 21.8. The molecule has 3 heterocycles. The summed E-state index contributed by atoms with van der Waals surface area (Å²) >= 11 is 0. The molecule has 29 heavy (non-hydrogen) atoms. The maximum absolute atomic E-state index is 5.48. The number of hydrogen-bond donors (Lipinski definition) is 2. The summed E-state index contributed by atoms with van der Waals surface area (Å²) in [6, 6.07) is 4.32. The van der Waals surface area contributed by atoms with Crippen molar-refractivity contribution < 1.29 is 4.74 Å². The molecule has 0 saturated carbocycles. The summed E-state index contributed by atoms with van der Waals surface area (Å²) in [5.41, 5.74) is 1.22. The Bertz CT molecular complexity index is 631. The number of nitrogens with one attached hydrogen (secondary N) is 2. The molecule has 0 unspecified atom stereocenters. The number of aromatic nitrogens is 1. The molecule has 7 nitrogen and oxygen atoms in total. The molecule has 0 radical (unpaired) electrons. The summed E-state index contributed by atoms with van der Waals surface area (Å²) in [6.07, 6.45) is 7.21. The fraction of sp³-hybridized carbons (Fsp3) is 0.727. The summed E-state index contributed by atoms with van der Waals surface area (Å²) in [4.78, 5) is 14.0. The number of anilines is 1. The molecule has 0 amide bonds. The van der Waals surface area contributed by atoms with Gasteiger partial charge < -0.3 is 20.3 Å². The van der Waals surface area contributed by atoms with Crippen LogP contribution in [0.1, 0.15) is 45.1 Å². The van der Waals surface area contributed by atoms with Crippen LogP contribution in [0.4, 0.5) is 5.82 Å². The van der Waals surface area contributed by atoms with Crippen LogP contribution in [0, 0.1) is 0 Å². The molecular weight excluding hydrogens is 364 g/mol. The average Bonchev–Trinajstić information content (AvgIpc) is 3.04. The van der Waals surface area contributed by atoms with Crippen molar-refractivity contribution in [1.29, 1.82) is 0 Å². The molecule has 2 aliphatic heterocycles. The second-order valence-electron chi connectivity index (χ2n) is 8.62. The van der Waals surface area contributed by atoms with Gasteiger partial charge in [0.1, 0.15) is 5.82 Å². The van der Waals surface area contributed by atoms with Gasteiger partial charge in [0.15, 0.2) is 5.96 Å². The number of guanidine groups is 1. The highest BCUT2D eigenvalue weighted by atomic mass is 16.5. The van der Waals surface area contributed by atoms with Gasteiger partial charge >= 0.3 is 0 Å². The van der Waals surface area contributed by atoms with Gasteiger partial charge in [-0.05, 0) is 38.3 Å². The van der Waals surface area contributed by atoms with Crippen molar-refractivity contribution >= 4 is 11.8 Å². The first-order valence-electron chi connectivity index (χ1n) is 11.1. The number of aliphatic imine (C=N–C) groups is 1. The van der Waals surface area contributed by atoms with Crippen LogP contribution in [0.5, 0.6) is 0 Å². The van der Waals surface area contributed by atoms with E-state index in [4.69, 9.17) is 9.72 Å². The summed E-state index contributed by atoms with van der Waals surface area (Å²) in [6.45, 7) is 11.9. The Morgan fingerprint density at radius 2 is 1.79 bits per heavy atom. The van der Waals surface area contributed by atoms with E-state index >= 15 is 0 Å². The van der Waals surface area contributed by atoms with Crippen molar-refractivity contribution in [3.05, 3.63) is 23.9 Å². The third-order valence-electron chi connectivity index (χ3n) is 5.98. The smallest absolute Gasteiger partial charge is 0.191 e. The number of nitrogens with zero attached hydrogens (tertiary/aromatic N) is 4. The van der Waals surface area contributed by atoms with Crippen molar-refractivity contribution in [2.45, 2.75) is 51.6 Å². The Kier molecular flexibility index (Phi) is 8.12. The van der Waals surface area contributed by atoms with Gasteiger partial charge in [-0.3, -0.25) is 9.89 Å². The van der Waals surface area contributed by atoms with E-state index in [1.54, 1.807) is 0 Å². The molecule has 0 spiro atoms. The van der Waals surface area contributed by atoms with E-state index in [0.717, 1.165) is 57.7 Å². The van der Waals surface area contributed by atoms with Crippen LogP contribution in [0.25, 0.3) is 0 Å². The van der Waals surface area contributed by atoms with E-state index in [0.29, 0.717) is 6.54 Å². The summed E-state index contributed by atoms with van der Waals surface area (Å²) in [5.74, 6) is 1.92. The Morgan fingerprint density at radius 1 is 1.07 bits per heavy atom. The zero-order valence-corrected chi connectivity index (χ0v) is 18.4. The van der Waals surface area contributed by atoms with E-state index in [9.17, 15) is 0 Å². The van der Waals surface area contributed by atoms with Crippen molar-refractivity contribution in [2.75, 3.05) is 57.9 Å². The molecule has 2 saturated heterocycles. The third kappa shape index (κ3) is 6.57. The standard InChI is InChI=1S/C22H38N6O/c1-22(2,28-12-14-29-15-13-28)18-26-21(23-3)25-17-19-8-9-20(24-16-19)27-10-6-4-5-7-11-27/h8-9,16H,4-7,10-15,17-18H2,1-3H3,(H2,23,25,26). The summed E-state index contributed by atoms with van der Waals surface area (Å²) in [7, 11) is 1.82. The van der Waals surface area contributed by atoms with Crippen LogP contribution < -0.4 is 15.5 Å². The Hall–Kier alpha value is -1.86. The minimum atomic E-state index is 0.0533. The van der Waals surface area contributed by atoms with Crippen LogP contribution in [-0.4, -0.2) is 74.4 Å². The lowest BCUT2D eigenvalue weighted by atomic mass is 10.0. The maximum Gasteiger partial charge on any atom is 0.191 e. The number of ether oxygens (including phenoxy) is 1. The van der Waals surface area contributed by atoms with Crippen LogP contribution >= 0.6 is 0 Å². The van der Waals surface area contributed by atoms with E-state index in [1.807, 2.05) is 13.2 Å². The molecule has 2 aliphatic rings. The molecule has 1 aromatic heterocycles. The highest BCUT2D eigenvalue weighted by Gasteiger charge is 2.28. The molecular formula is C22H38N6O. The predicted molar refractivity (Wildman–Crippen MR) is 120 cm³/mol. The summed E-state index contributed by atoms with van der Waals surface area (Å²) in [5, 5.41) is 6.89. The van der Waals surface area contributed by atoms with Crippen molar-refractivity contribution in [2.24, 2.45) is 4.99 Å². The largest absolute Gasteiger partial charge is 0.379 e. The van der Waals surface area contributed by atoms with Gasteiger partial charge in [0.25, 0.3) is 0 Å². The van der Waals surface area contributed by atoms with Gasteiger partial charge in [-0.25, -0.2) is 4.98 Å². The lowest BCUT2D eigenvalue weighted by molar-refractivity contribution is -0.00834. The Morgan fingerprint density at radius 3 is 2.41 bits per heavy atom. The van der Waals surface area contributed by atoms with Gasteiger partial charge in [-0.15, -0.1) is 0 Å². The fourth-order valence-electron chi connectivity index (χ4n) is 4.00. The molecule has 2 fully saturated rings. The van der Waals surface area contributed by atoms with Crippen molar-refractivity contribution in [3.8, 4) is 0 Å². The lowest BCUT2D eigenvalue weighted by Crippen LogP contribution is -2.56. The van der Waals surface area contributed by atoms with E-state index in [1.165, 1.54) is 31.2 Å². The maximum atomic E-state index is 5.48. The monoisotopic (exact) mass is 402 g/mol. The predicted octanol–water partition coefficient (Wildman–Crippen LogP) is 2.24. The molecule has 2 N–H and O–H groups in total. The van der Waals surface area contributed by atoms with Crippen molar-refractivity contribution in [1.82, 2.24) is 20.5 Å². The molecule has 0 aromatic carbocycles. The second-order valence-corrected chi connectivity index (χ2v) is 8.62. The van der Waals surface area contributed by atoms with Gasteiger partial charge in [0, 0.05) is 58.1 Å². The SMILES string of the molecule is CN=C(NCc1ccc(N2CCCCCC2)nc1)NCC(C)(C)N1CCOCC1. The quantitative estimate of drug-likeness (QED) is 0.562. The van der Waals surface area contributed by atoms with E-state index in [2.05, 4.69) is 51.4 Å². The van der Waals surface area contributed by atoms with E-state index in [-0.39, 0.29) is 5.54 Å².